The number of halogens is 1. The van der Waals surface area contributed by atoms with Crippen LogP contribution < -0.4 is 0 Å². The average molecular weight is 230 g/mol. The summed E-state index contributed by atoms with van der Waals surface area (Å²) in [6.07, 6.45) is 0.554. The number of azide groups is 1. The Hall–Kier alpha value is -1.49. The molecule has 0 spiro atoms. The highest BCUT2D eigenvalue weighted by molar-refractivity contribution is 5.65. The van der Waals surface area contributed by atoms with Crippen LogP contribution in [-0.2, 0) is 0 Å². The predicted molar refractivity (Wildman–Crippen MR) is 55.9 cm³/mol. The molecule has 1 saturated heterocycles. The second-order valence-electron chi connectivity index (χ2n) is 4.02. The summed E-state index contributed by atoms with van der Waals surface area (Å²) in [5.41, 5.74) is 6.60. The van der Waals surface area contributed by atoms with Gasteiger partial charge in [0.25, 0.3) is 0 Å². The van der Waals surface area contributed by atoms with Crippen LogP contribution in [0.2, 0.25) is 0 Å². The molecule has 1 aliphatic rings. The third-order valence-electron chi connectivity index (χ3n) is 2.74. The molecule has 1 rings (SSSR count). The number of amides is 1. The van der Waals surface area contributed by atoms with Gasteiger partial charge in [0.1, 0.15) is 5.67 Å². The fourth-order valence-corrected chi connectivity index (χ4v) is 1.97. The number of hydrogen-bond acceptors (Lipinski definition) is 2. The molecule has 0 aromatic heterocycles. The Kier molecular flexibility index (Phi) is 4.37. The van der Waals surface area contributed by atoms with Crippen LogP contribution in [0.15, 0.2) is 5.11 Å². The van der Waals surface area contributed by atoms with Crippen molar-refractivity contribution in [2.45, 2.75) is 31.4 Å². The van der Waals surface area contributed by atoms with Crippen molar-refractivity contribution >= 4 is 6.09 Å². The van der Waals surface area contributed by atoms with Crippen molar-refractivity contribution in [3.05, 3.63) is 10.4 Å². The molecule has 90 valence electrons. The predicted octanol–water partition coefficient (Wildman–Crippen LogP) is 2.56. The summed E-state index contributed by atoms with van der Waals surface area (Å²) >= 11 is 0. The lowest BCUT2D eigenvalue weighted by Gasteiger charge is -2.35. The molecule has 0 saturated carbocycles. The molecule has 0 aromatic rings. The lowest BCUT2D eigenvalue weighted by molar-refractivity contribution is 0.0383. The molecule has 1 amide bonds. The van der Waals surface area contributed by atoms with Gasteiger partial charge in [-0.15, -0.1) is 0 Å². The van der Waals surface area contributed by atoms with Gasteiger partial charge in [-0.1, -0.05) is 5.11 Å². The maximum Gasteiger partial charge on any atom is 0.407 e. The molecule has 0 aromatic carbocycles. The van der Waals surface area contributed by atoms with Crippen LogP contribution in [0.4, 0.5) is 9.18 Å². The number of carbonyl (C=O) groups is 1. The van der Waals surface area contributed by atoms with Gasteiger partial charge in [-0.25, -0.2) is 9.18 Å². The second kappa shape index (κ2) is 5.55. The van der Waals surface area contributed by atoms with E-state index < -0.39 is 11.8 Å². The Labute approximate surface area is 92.7 Å². The van der Waals surface area contributed by atoms with E-state index in [2.05, 4.69) is 10.0 Å². The van der Waals surface area contributed by atoms with Crippen molar-refractivity contribution in [1.82, 2.24) is 4.90 Å². The minimum atomic E-state index is -1.46. The van der Waals surface area contributed by atoms with Gasteiger partial charge < -0.3 is 10.0 Å². The summed E-state index contributed by atoms with van der Waals surface area (Å²) in [5.74, 6) is 0. The van der Waals surface area contributed by atoms with Crippen LogP contribution in [0.1, 0.15) is 25.7 Å². The average Bonchev–Trinajstić information content (AvgIpc) is 2.24. The van der Waals surface area contributed by atoms with Gasteiger partial charge in [0.05, 0.1) is 6.54 Å². The zero-order valence-electron chi connectivity index (χ0n) is 8.97. The van der Waals surface area contributed by atoms with Crippen LogP contribution in [0, 0.1) is 0 Å². The molecular formula is C9H15FN4O2. The summed E-state index contributed by atoms with van der Waals surface area (Å²) < 4.78 is 14.2. The normalized spacial score (nSPS) is 24.9. The van der Waals surface area contributed by atoms with E-state index in [1.807, 2.05) is 0 Å². The smallest absolute Gasteiger partial charge is 0.407 e. The summed E-state index contributed by atoms with van der Waals surface area (Å²) in [7, 11) is 0. The van der Waals surface area contributed by atoms with Crippen molar-refractivity contribution in [2.24, 2.45) is 5.11 Å². The third kappa shape index (κ3) is 3.58. The van der Waals surface area contributed by atoms with Gasteiger partial charge in [0, 0.05) is 18.0 Å². The van der Waals surface area contributed by atoms with E-state index in [1.165, 1.54) is 0 Å². The number of nitrogens with zero attached hydrogens (tertiary/aromatic N) is 4. The zero-order chi connectivity index (χ0) is 12.0. The number of likely N-dealkylation sites (tertiary alicyclic amines) is 1. The highest BCUT2D eigenvalue weighted by Gasteiger charge is 2.36. The number of rotatable bonds is 4. The summed E-state index contributed by atoms with van der Waals surface area (Å²) in [6, 6.07) is 0. The first-order valence-corrected chi connectivity index (χ1v) is 5.25. The van der Waals surface area contributed by atoms with Crippen molar-refractivity contribution in [3.8, 4) is 0 Å². The molecule has 6 nitrogen and oxygen atoms in total. The minimum Gasteiger partial charge on any atom is -0.465 e. The SMILES string of the molecule is [N-]=[N+]=NCCCC1(F)CCCN(C(=O)O)C1. The van der Waals surface area contributed by atoms with Gasteiger partial charge in [0.2, 0.25) is 0 Å². The third-order valence-corrected chi connectivity index (χ3v) is 2.74. The summed E-state index contributed by atoms with van der Waals surface area (Å²) in [6.45, 7) is 0.588. The quantitative estimate of drug-likeness (QED) is 0.348. The topological polar surface area (TPSA) is 89.3 Å². The van der Waals surface area contributed by atoms with E-state index in [4.69, 9.17) is 10.6 Å². The lowest BCUT2D eigenvalue weighted by Crippen LogP contribution is -2.47. The Morgan fingerprint density at radius 1 is 1.69 bits per heavy atom. The first-order valence-electron chi connectivity index (χ1n) is 5.25. The summed E-state index contributed by atoms with van der Waals surface area (Å²) in [5, 5.41) is 12.1. The summed E-state index contributed by atoms with van der Waals surface area (Å²) in [4.78, 5) is 14.4. The van der Waals surface area contributed by atoms with Crippen molar-refractivity contribution in [1.29, 1.82) is 0 Å². The number of piperidine rings is 1. The number of alkyl halides is 1. The van der Waals surface area contributed by atoms with Crippen molar-refractivity contribution in [3.63, 3.8) is 0 Å². The number of hydrogen-bond donors (Lipinski definition) is 1. The van der Waals surface area contributed by atoms with Gasteiger partial charge in [-0.3, -0.25) is 0 Å². The molecule has 1 aliphatic heterocycles. The van der Waals surface area contributed by atoms with E-state index in [9.17, 15) is 9.18 Å². The molecule has 16 heavy (non-hydrogen) atoms. The lowest BCUT2D eigenvalue weighted by atomic mass is 9.90. The van der Waals surface area contributed by atoms with E-state index in [0.29, 0.717) is 25.8 Å². The van der Waals surface area contributed by atoms with Crippen LogP contribution in [0.25, 0.3) is 10.4 Å². The van der Waals surface area contributed by atoms with E-state index >= 15 is 0 Å². The van der Waals surface area contributed by atoms with Gasteiger partial charge in [0.15, 0.2) is 0 Å². The standard InChI is InChI=1S/C9H15FN4O2/c10-9(3-1-5-12-13-11)4-2-6-14(7-9)8(15)16/h1-7H2,(H,15,16). The molecule has 0 aliphatic carbocycles. The Morgan fingerprint density at radius 3 is 3.06 bits per heavy atom. The molecule has 1 heterocycles. The van der Waals surface area contributed by atoms with E-state index in [0.717, 1.165) is 4.90 Å². The Bertz CT molecular complexity index is 306. The minimum absolute atomic E-state index is 0.0708. The molecule has 0 radical (unpaired) electrons. The molecule has 0 bridgehead atoms. The Morgan fingerprint density at radius 2 is 2.44 bits per heavy atom. The zero-order valence-corrected chi connectivity index (χ0v) is 8.97. The van der Waals surface area contributed by atoms with Gasteiger partial charge >= 0.3 is 6.09 Å². The second-order valence-corrected chi connectivity index (χ2v) is 4.02. The molecule has 1 fully saturated rings. The highest BCUT2D eigenvalue weighted by atomic mass is 19.1. The number of carboxylic acid groups (broad SMARTS) is 1. The van der Waals surface area contributed by atoms with Crippen LogP contribution in [-0.4, -0.2) is 41.4 Å². The molecular weight excluding hydrogens is 215 g/mol. The highest BCUT2D eigenvalue weighted by Crippen LogP contribution is 2.29. The maximum absolute atomic E-state index is 14.2. The first kappa shape index (κ1) is 12.6. The largest absolute Gasteiger partial charge is 0.465 e. The van der Waals surface area contributed by atoms with Crippen LogP contribution in [0.5, 0.6) is 0 Å². The van der Waals surface area contributed by atoms with Crippen LogP contribution >= 0.6 is 0 Å². The van der Waals surface area contributed by atoms with Crippen molar-refractivity contribution < 1.29 is 14.3 Å². The van der Waals surface area contributed by atoms with Gasteiger partial charge in [-0.2, -0.15) is 0 Å². The molecule has 1 N–H and O–H groups in total. The fourth-order valence-electron chi connectivity index (χ4n) is 1.97. The van der Waals surface area contributed by atoms with Crippen LogP contribution in [0.3, 0.4) is 0 Å². The monoisotopic (exact) mass is 230 g/mol. The first-order chi connectivity index (χ1) is 7.57. The van der Waals surface area contributed by atoms with Crippen molar-refractivity contribution in [2.75, 3.05) is 19.6 Å². The van der Waals surface area contributed by atoms with E-state index in [-0.39, 0.29) is 19.5 Å². The fraction of sp³-hybridized carbons (Fsp3) is 0.889. The van der Waals surface area contributed by atoms with E-state index in [1.54, 1.807) is 0 Å². The molecule has 1 atom stereocenters. The molecule has 1 unspecified atom stereocenters. The Balaban J connectivity index is 2.42. The maximum atomic E-state index is 14.2. The molecule has 7 heteroatoms. The van der Waals surface area contributed by atoms with Gasteiger partial charge in [-0.05, 0) is 31.2 Å².